The van der Waals surface area contributed by atoms with E-state index in [2.05, 4.69) is 46.0 Å². The number of hydrogen-bond donors (Lipinski definition) is 1. The highest BCUT2D eigenvalue weighted by molar-refractivity contribution is 7.16. The minimum absolute atomic E-state index is 0.115. The van der Waals surface area contributed by atoms with E-state index < -0.39 is 0 Å². The SMILES string of the molecule is CCNC(Cc1ccc(Cl)s1)C(OCC)C(C)(C)C. The quantitative estimate of drug-likeness (QED) is 0.807. The summed E-state index contributed by atoms with van der Waals surface area (Å²) in [6.45, 7) is 12.6. The van der Waals surface area contributed by atoms with Crippen molar-refractivity contribution >= 4 is 22.9 Å². The van der Waals surface area contributed by atoms with Crippen LogP contribution in [0.4, 0.5) is 0 Å². The number of hydrogen-bond acceptors (Lipinski definition) is 3. The van der Waals surface area contributed by atoms with Crippen molar-refractivity contribution in [2.45, 2.75) is 53.2 Å². The first-order valence-corrected chi connectivity index (χ1v) is 8.17. The Labute approximate surface area is 126 Å². The first-order chi connectivity index (χ1) is 8.88. The van der Waals surface area contributed by atoms with Crippen molar-refractivity contribution < 1.29 is 4.74 Å². The third-order valence-electron chi connectivity index (χ3n) is 3.08. The summed E-state index contributed by atoms with van der Waals surface area (Å²) in [7, 11) is 0. The molecule has 0 aliphatic heterocycles. The van der Waals surface area contributed by atoms with Crippen LogP contribution in [0, 0.1) is 5.41 Å². The van der Waals surface area contributed by atoms with Gasteiger partial charge >= 0.3 is 0 Å². The second-order valence-corrected chi connectivity index (χ2v) is 7.62. The molecule has 4 heteroatoms. The Morgan fingerprint density at radius 3 is 2.42 bits per heavy atom. The van der Waals surface area contributed by atoms with E-state index in [0.29, 0.717) is 6.04 Å². The van der Waals surface area contributed by atoms with Gasteiger partial charge in [-0.05, 0) is 37.4 Å². The summed E-state index contributed by atoms with van der Waals surface area (Å²) in [5, 5.41) is 3.57. The maximum Gasteiger partial charge on any atom is 0.0931 e. The summed E-state index contributed by atoms with van der Waals surface area (Å²) in [6, 6.07) is 4.40. The predicted molar refractivity (Wildman–Crippen MR) is 85.4 cm³/mol. The van der Waals surface area contributed by atoms with Gasteiger partial charge in [-0.15, -0.1) is 11.3 Å². The molecule has 1 heterocycles. The van der Waals surface area contributed by atoms with Crippen LogP contribution in [-0.4, -0.2) is 25.3 Å². The van der Waals surface area contributed by atoms with Gasteiger partial charge in [0.2, 0.25) is 0 Å². The molecule has 0 bridgehead atoms. The standard InChI is InChI=1S/C15H26ClNOS/c1-6-17-12(10-11-8-9-13(16)19-11)14(18-7-2)15(3,4)5/h8-9,12,14,17H,6-7,10H2,1-5H3. The van der Waals surface area contributed by atoms with Crippen LogP contribution in [-0.2, 0) is 11.2 Å². The lowest BCUT2D eigenvalue weighted by Crippen LogP contribution is -2.49. The third kappa shape index (κ3) is 5.42. The molecule has 1 aromatic heterocycles. The number of nitrogens with one attached hydrogen (secondary N) is 1. The summed E-state index contributed by atoms with van der Waals surface area (Å²) in [5.41, 5.74) is 0.115. The topological polar surface area (TPSA) is 21.3 Å². The first kappa shape index (κ1) is 17.0. The van der Waals surface area contributed by atoms with E-state index in [0.717, 1.165) is 23.9 Å². The van der Waals surface area contributed by atoms with Crippen LogP contribution in [0.15, 0.2) is 12.1 Å². The van der Waals surface area contributed by atoms with Gasteiger partial charge in [0, 0.05) is 17.5 Å². The molecule has 1 N–H and O–H groups in total. The van der Waals surface area contributed by atoms with Crippen LogP contribution in [0.3, 0.4) is 0 Å². The van der Waals surface area contributed by atoms with Gasteiger partial charge in [0.25, 0.3) is 0 Å². The van der Waals surface area contributed by atoms with Crippen molar-refractivity contribution in [1.29, 1.82) is 0 Å². The fourth-order valence-electron chi connectivity index (χ4n) is 2.38. The third-order valence-corrected chi connectivity index (χ3v) is 4.33. The van der Waals surface area contributed by atoms with Crippen molar-refractivity contribution in [1.82, 2.24) is 5.32 Å². The van der Waals surface area contributed by atoms with E-state index in [9.17, 15) is 0 Å². The predicted octanol–water partition coefficient (Wildman–Crippen LogP) is 4.37. The molecular formula is C15H26ClNOS. The fourth-order valence-corrected chi connectivity index (χ4v) is 3.52. The Kier molecular flexibility index (Phi) is 6.81. The van der Waals surface area contributed by atoms with E-state index in [1.165, 1.54) is 4.88 Å². The van der Waals surface area contributed by atoms with Crippen LogP contribution in [0.25, 0.3) is 0 Å². The Morgan fingerprint density at radius 1 is 1.32 bits per heavy atom. The molecule has 0 fully saturated rings. The summed E-state index contributed by atoms with van der Waals surface area (Å²) in [4.78, 5) is 1.31. The van der Waals surface area contributed by atoms with Crippen molar-refractivity contribution in [2.24, 2.45) is 5.41 Å². The summed E-state index contributed by atoms with van der Waals surface area (Å²) in [6.07, 6.45) is 1.16. The molecule has 110 valence electrons. The van der Waals surface area contributed by atoms with Gasteiger partial charge in [0.1, 0.15) is 0 Å². The van der Waals surface area contributed by atoms with E-state index in [4.69, 9.17) is 16.3 Å². The Bertz CT molecular complexity index is 372. The van der Waals surface area contributed by atoms with Crippen molar-refractivity contribution in [3.8, 4) is 0 Å². The smallest absolute Gasteiger partial charge is 0.0931 e. The van der Waals surface area contributed by atoms with Crippen LogP contribution >= 0.6 is 22.9 Å². The zero-order chi connectivity index (χ0) is 14.5. The van der Waals surface area contributed by atoms with Crippen LogP contribution in [0.1, 0.15) is 39.5 Å². The van der Waals surface area contributed by atoms with Gasteiger partial charge in [-0.2, -0.15) is 0 Å². The van der Waals surface area contributed by atoms with Gasteiger partial charge in [-0.25, -0.2) is 0 Å². The van der Waals surface area contributed by atoms with Gasteiger partial charge in [0.05, 0.1) is 10.4 Å². The lowest BCUT2D eigenvalue weighted by Gasteiger charge is -2.37. The Morgan fingerprint density at radius 2 is 2.00 bits per heavy atom. The average Bonchev–Trinajstić information content (AvgIpc) is 2.70. The summed E-state index contributed by atoms with van der Waals surface area (Å²) in [5.74, 6) is 0. The molecule has 0 saturated carbocycles. The van der Waals surface area contributed by atoms with Crippen LogP contribution in [0.5, 0.6) is 0 Å². The highest BCUT2D eigenvalue weighted by Crippen LogP contribution is 2.29. The average molecular weight is 304 g/mol. The Hall–Kier alpha value is -0.0900. The zero-order valence-corrected chi connectivity index (χ0v) is 14.2. The number of halogens is 1. The molecule has 0 spiro atoms. The van der Waals surface area contributed by atoms with E-state index in [1.807, 2.05) is 6.07 Å². The lowest BCUT2D eigenvalue weighted by molar-refractivity contribution is -0.0350. The van der Waals surface area contributed by atoms with Crippen LogP contribution in [0.2, 0.25) is 4.34 Å². The number of likely N-dealkylation sites (N-methyl/N-ethyl adjacent to an activating group) is 1. The lowest BCUT2D eigenvalue weighted by atomic mass is 9.83. The second kappa shape index (κ2) is 7.63. The largest absolute Gasteiger partial charge is 0.376 e. The maximum absolute atomic E-state index is 6.02. The molecule has 1 rings (SSSR count). The zero-order valence-electron chi connectivity index (χ0n) is 12.6. The Balaban J connectivity index is 2.83. The highest BCUT2D eigenvalue weighted by atomic mass is 35.5. The summed E-state index contributed by atoms with van der Waals surface area (Å²) < 4.78 is 6.86. The van der Waals surface area contributed by atoms with Gasteiger partial charge < -0.3 is 10.1 Å². The maximum atomic E-state index is 6.02. The normalized spacial score (nSPS) is 15.5. The molecule has 2 unspecified atom stereocenters. The van der Waals surface area contributed by atoms with Gasteiger partial charge in [-0.3, -0.25) is 0 Å². The highest BCUT2D eigenvalue weighted by Gasteiger charge is 2.32. The van der Waals surface area contributed by atoms with Gasteiger partial charge in [0.15, 0.2) is 0 Å². The molecule has 1 aromatic rings. The molecule has 0 aliphatic rings. The van der Waals surface area contributed by atoms with Crippen molar-refractivity contribution in [2.75, 3.05) is 13.2 Å². The number of thiophene rings is 1. The molecule has 0 amide bonds. The minimum atomic E-state index is 0.115. The molecule has 0 aliphatic carbocycles. The number of rotatable bonds is 7. The molecule has 0 saturated heterocycles. The monoisotopic (exact) mass is 303 g/mol. The van der Waals surface area contributed by atoms with E-state index >= 15 is 0 Å². The van der Waals surface area contributed by atoms with Crippen molar-refractivity contribution in [3.63, 3.8) is 0 Å². The molecule has 0 aromatic carbocycles. The molecule has 2 nitrogen and oxygen atoms in total. The second-order valence-electron chi connectivity index (χ2n) is 5.82. The molecule has 2 atom stereocenters. The minimum Gasteiger partial charge on any atom is -0.376 e. The molecule has 0 radical (unpaired) electrons. The van der Waals surface area contributed by atoms with Crippen molar-refractivity contribution in [3.05, 3.63) is 21.3 Å². The molecular weight excluding hydrogens is 278 g/mol. The summed E-state index contributed by atoms with van der Waals surface area (Å²) >= 11 is 7.68. The van der Waals surface area contributed by atoms with Crippen LogP contribution < -0.4 is 5.32 Å². The van der Waals surface area contributed by atoms with E-state index in [-0.39, 0.29) is 11.5 Å². The van der Waals surface area contributed by atoms with E-state index in [1.54, 1.807) is 11.3 Å². The molecule has 19 heavy (non-hydrogen) atoms. The first-order valence-electron chi connectivity index (χ1n) is 6.97. The fraction of sp³-hybridized carbons (Fsp3) is 0.733. The van der Waals surface area contributed by atoms with Gasteiger partial charge in [-0.1, -0.05) is 39.3 Å². The number of ether oxygens (including phenoxy) is 1.